The second-order valence-corrected chi connectivity index (χ2v) is 4.71. The number of rotatable bonds is 1. The van der Waals surface area contributed by atoms with Gasteiger partial charge in [-0.2, -0.15) is 0 Å². The van der Waals surface area contributed by atoms with Crippen LogP contribution in [0.4, 0.5) is 4.39 Å². The number of halogens is 2. The summed E-state index contributed by atoms with van der Waals surface area (Å²) in [5.41, 5.74) is 1.80. The molecule has 3 aromatic rings. The van der Waals surface area contributed by atoms with E-state index in [4.69, 9.17) is 9.52 Å². The number of hydrogen-bond acceptors (Lipinski definition) is 3. The van der Waals surface area contributed by atoms with Crippen molar-refractivity contribution in [1.29, 1.82) is 0 Å². The largest absolute Gasteiger partial charge is 0.505 e. The fourth-order valence-electron chi connectivity index (χ4n) is 1.66. The van der Waals surface area contributed by atoms with Crippen molar-refractivity contribution in [3.05, 3.63) is 46.7 Å². The number of aromatic hydroxyl groups is 1. The van der Waals surface area contributed by atoms with Gasteiger partial charge in [0.15, 0.2) is 17.1 Å². The highest BCUT2D eigenvalue weighted by molar-refractivity contribution is 9.10. The van der Waals surface area contributed by atoms with Crippen molar-refractivity contribution in [3.8, 4) is 17.2 Å². The molecule has 0 saturated heterocycles. The van der Waals surface area contributed by atoms with Crippen LogP contribution in [0.15, 0.2) is 45.3 Å². The Labute approximate surface area is 110 Å². The first-order valence-corrected chi connectivity index (χ1v) is 5.98. The van der Waals surface area contributed by atoms with Crippen LogP contribution >= 0.6 is 15.9 Å². The molecule has 0 radical (unpaired) electrons. The Morgan fingerprint density at radius 1 is 1.17 bits per heavy atom. The van der Waals surface area contributed by atoms with Gasteiger partial charge in [-0.15, -0.1) is 0 Å². The molecule has 0 spiro atoms. The van der Waals surface area contributed by atoms with E-state index < -0.39 is 11.6 Å². The van der Waals surface area contributed by atoms with Crippen molar-refractivity contribution >= 4 is 27.0 Å². The average Bonchev–Trinajstić information content (AvgIpc) is 2.75. The smallest absolute Gasteiger partial charge is 0.227 e. The number of nitrogens with zero attached hydrogens (tertiary/aromatic N) is 1. The summed E-state index contributed by atoms with van der Waals surface area (Å²) in [6, 6.07) is 9.47. The standard InChI is InChI=1S/C13H7BrFNO2/c14-8-2-3-10-12(6-8)18-13(16-10)7-1-4-11(17)9(15)5-7/h1-6,17H. The minimum absolute atomic E-state index is 0.321. The van der Waals surface area contributed by atoms with Gasteiger partial charge in [0.2, 0.25) is 5.89 Å². The molecule has 1 N–H and O–H groups in total. The molecule has 0 aliphatic carbocycles. The van der Waals surface area contributed by atoms with Crippen LogP contribution in [-0.2, 0) is 0 Å². The first kappa shape index (κ1) is 11.2. The number of fused-ring (bicyclic) bond motifs is 1. The maximum absolute atomic E-state index is 13.3. The molecular formula is C13H7BrFNO2. The van der Waals surface area contributed by atoms with Crippen LogP contribution in [0.1, 0.15) is 0 Å². The second-order valence-electron chi connectivity index (χ2n) is 3.80. The summed E-state index contributed by atoms with van der Waals surface area (Å²) >= 11 is 3.34. The zero-order valence-electron chi connectivity index (χ0n) is 9.02. The van der Waals surface area contributed by atoms with E-state index in [1.165, 1.54) is 12.1 Å². The monoisotopic (exact) mass is 307 g/mol. The molecule has 5 heteroatoms. The second kappa shape index (κ2) is 4.10. The van der Waals surface area contributed by atoms with Gasteiger partial charge in [0, 0.05) is 10.0 Å². The molecule has 0 amide bonds. The molecule has 2 aromatic carbocycles. The van der Waals surface area contributed by atoms with Crippen LogP contribution in [-0.4, -0.2) is 10.1 Å². The minimum Gasteiger partial charge on any atom is -0.505 e. The maximum Gasteiger partial charge on any atom is 0.227 e. The maximum atomic E-state index is 13.3. The van der Waals surface area contributed by atoms with E-state index in [-0.39, 0.29) is 0 Å². The Kier molecular flexibility index (Phi) is 2.56. The molecule has 0 bridgehead atoms. The number of phenolic OH excluding ortho intramolecular Hbond substituents is 1. The van der Waals surface area contributed by atoms with Gasteiger partial charge in [0.05, 0.1) is 0 Å². The molecule has 0 unspecified atom stereocenters. The van der Waals surface area contributed by atoms with Crippen LogP contribution in [0.2, 0.25) is 0 Å². The molecule has 1 aromatic heterocycles. The fourth-order valence-corrected chi connectivity index (χ4v) is 2.00. The number of hydrogen-bond donors (Lipinski definition) is 1. The van der Waals surface area contributed by atoms with Gasteiger partial charge in [-0.1, -0.05) is 15.9 Å². The Morgan fingerprint density at radius 3 is 2.78 bits per heavy atom. The van der Waals surface area contributed by atoms with Gasteiger partial charge in [-0.25, -0.2) is 9.37 Å². The molecule has 3 nitrogen and oxygen atoms in total. The predicted molar refractivity (Wildman–Crippen MR) is 68.8 cm³/mol. The number of phenols is 1. The molecule has 0 aliphatic heterocycles. The highest BCUT2D eigenvalue weighted by atomic mass is 79.9. The van der Waals surface area contributed by atoms with Gasteiger partial charge in [-0.05, 0) is 36.4 Å². The van der Waals surface area contributed by atoms with Crippen LogP contribution in [0.3, 0.4) is 0 Å². The van der Waals surface area contributed by atoms with Crippen LogP contribution in [0.5, 0.6) is 5.75 Å². The van der Waals surface area contributed by atoms with Crippen molar-refractivity contribution < 1.29 is 13.9 Å². The molecule has 0 fully saturated rings. The molecule has 90 valence electrons. The van der Waals surface area contributed by atoms with Gasteiger partial charge >= 0.3 is 0 Å². The van der Waals surface area contributed by atoms with Crippen molar-refractivity contribution in [2.24, 2.45) is 0 Å². The lowest BCUT2D eigenvalue weighted by Crippen LogP contribution is -1.80. The van der Waals surface area contributed by atoms with E-state index in [0.29, 0.717) is 22.6 Å². The van der Waals surface area contributed by atoms with Gasteiger partial charge in [-0.3, -0.25) is 0 Å². The summed E-state index contributed by atoms with van der Waals surface area (Å²) in [4.78, 5) is 4.26. The van der Waals surface area contributed by atoms with Crippen LogP contribution in [0, 0.1) is 5.82 Å². The zero-order valence-corrected chi connectivity index (χ0v) is 10.6. The first-order valence-electron chi connectivity index (χ1n) is 5.18. The van der Waals surface area contributed by atoms with Gasteiger partial charge in [0.1, 0.15) is 5.52 Å². The lowest BCUT2D eigenvalue weighted by Gasteiger charge is -1.97. The van der Waals surface area contributed by atoms with Crippen molar-refractivity contribution in [3.63, 3.8) is 0 Å². The van der Waals surface area contributed by atoms with Crippen LogP contribution in [0.25, 0.3) is 22.6 Å². The molecule has 18 heavy (non-hydrogen) atoms. The highest BCUT2D eigenvalue weighted by Crippen LogP contribution is 2.28. The highest BCUT2D eigenvalue weighted by Gasteiger charge is 2.10. The lowest BCUT2D eigenvalue weighted by molar-refractivity contribution is 0.432. The van der Waals surface area contributed by atoms with E-state index in [1.54, 1.807) is 12.1 Å². The Balaban J connectivity index is 2.16. The topological polar surface area (TPSA) is 46.3 Å². The molecule has 3 rings (SSSR count). The summed E-state index contributed by atoms with van der Waals surface area (Å²) in [7, 11) is 0. The van der Waals surface area contributed by atoms with E-state index in [1.807, 2.05) is 12.1 Å². The molecular weight excluding hydrogens is 301 g/mol. The number of aromatic nitrogens is 1. The Morgan fingerprint density at radius 2 is 2.00 bits per heavy atom. The van der Waals surface area contributed by atoms with Crippen molar-refractivity contribution in [1.82, 2.24) is 4.98 Å². The van der Waals surface area contributed by atoms with Crippen molar-refractivity contribution in [2.75, 3.05) is 0 Å². The summed E-state index contributed by atoms with van der Waals surface area (Å²) in [5.74, 6) is -0.768. The quantitative estimate of drug-likeness (QED) is 0.736. The van der Waals surface area contributed by atoms with Gasteiger partial charge in [0.25, 0.3) is 0 Å². The van der Waals surface area contributed by atoms with Crippen molar-refractivity contribution in [2.45, 2.75) is 0 Å². The predicted octanol–water partition coefficient (Wildman–Crippen LogP) is 4.10. The summed E-state index contributed by atoms with van der Waals surface area (Å²) < 4.78 is 19.7. The third-order valence-electron chi connectivity index (χ3n) is 2.55. The van der Waals surface area contributed by atoms with E-state index in [2.05, 4.69) is 20.9 Å². The fraction of sp³-hybridized carbons (Fsp3) is 0. The normalized spacial score (nSPS) is 11.0. The SMILES string of the molecule is Oc1ccc(-c2nc3ccc(Br)cc3o2)cc1F. The third kappa shape index (κ3) is 1.86. The summed E-state index contributed by atoms with van der Waals surface area (Å²) in [6.45, 7) is 0. The average molecular weight is 308 g/mol. The summed E-state index contributed by atoms with van der Waals surface area (Å²) in [5, 5.41) is 9.13. The minimum atomic E-state index is -0.698. The summed E-state index contributed by atoms with van der Waals surface area (Å²) in [6.07, 6.45) is 0. The molecule has 0 saturated carbocycles. The van der Waals surface area contributed by atoms with E-state index in [9.17, 15) is 4.39 Å². The Bertz CT molecular complexity index is 739. The third-order valence-corrected chi connectivity index (χ3v) is 3.04. The van der Waals surface area contributed by atoms with Gasteiger partial charge < -0.3 is 9.52 Å². The van der Waals surface area contributed by atoms with Crippen LogP contribution < -0.4 is 0 Å². The Hall–Kier alpha value is -1.88. The molecule has 1 heterocycles. The van der Waals surface area contributed by atoms with E-state index in [0.717, 1.165) is 4.47 Å². The number of oxazole rings is 1. The van der Waals surface area contributed by atoms with E-state index >= 15 is 0 Å². The number of benzene rings is 2. The molecule has 0 aliphatic rings. The zero-order chi connectivity index (χ0) is 12.7. The first-order chi connectivity index (χ1) is 8.63. The molecule has 0 atom stereocenters. The lowest BCUT2D eigenvalue weighted by atomic mass is 10.2.